The number of sulfonamides is 1. The van der Waals surface area contributed by atoms with Crippen LogP contribution < -0.4 is 4.72 Å². The normalized spacial score (nSPS) is 21.7. The van der Waals surface area contributed by atoms with E-state index in [1.54, 1.807) is 20.8 Å². The van der Waals surface area contributed by atoms with Crippen LogP contribution in [0.1, 0.15) is 63.6 Å². The number of aromatic amines is 1. The fraction of sp³-hybridized carbons (Fsp3) is 0.550. The van der Waals surface area contributed by atoms with Gasteiger partial charge < -0.3 is 0 Å². The van der Waals surface area contributed by atoms with Gasteiger partial charge in [0.15, 0.2) is 0 Å². The lowest BCUT2D eigenvalue weighted by atomic mass is 9.83. The fourth-order valence-electron chi connectivity index (χ4n) is 3.58. The van der Waals surface area contributed by atoms with E-state index in [2.05, 4.69) is 34.0 Å². The highest BCUT2D eigenvalue weighted by molar-refractivity contribution is 7.90. The molecule has 3 rings (SSSR count). The first-order chi connectivity index (χ1) is 12.2. The zero-order valence-electron chi connectivity index (χ0n) is 16.0. The van der Waals surface area contributed by atoms with Gasteiger partial charge in [0.25, 0.3) is 0 Å². The SMILES string of the molecule is Cc1c(-c2ccccc2)n[nH]c1[C@H]1CC[C@H](NS(=O)(=O)C(C)(C)C)CC1. The topological polar surface area (TPSA) is 74.8 Å². The lowest BCUT2D eigenvalue weighted by molar-refractivity contribution is 0.366. The lowest BCUT2D eigenvalue weighted by Gasteiger charge is -2.31. The molecule has 2 N–H and O–H groups in total. The van der Waals surface area contributed by atoms with Crippen LogP contribution in [0.2, 0.25) is 0 Å². The Hall–Kier alpha value is -1.66. The van der Waals surface area contributed by atoms with Crippen molar-refractivity contribution in [2.75, 3.05) is 0 Å². The van der Waals surface area contributed by atoms with Crippen LogP contribution in [0.25, 0.3) is 11.3 Å². The van der Waals surface area contributed by atoms with Crippen LogP contribution in [0.15, 0.2) is 30.3 Å². The molecule has 142 valence electrons. The zero-order chi connectivity index (χ0) is 18.9. The number of hydrogen-bond donors (Lipinski definition) is 2. The Morgan fingerprint density at radius 3 is 2.27 bits per heavy atom. The average Bonchev–Trinajstić information content (AvgIpc) is 2.96. The monoisotopic (exact) mass is 375 g/mol. The minimum atomic E-state index is -3.29. The molecule has 1 aromatic heterocycles. The highest BCUT2D eigenvalue weighted by atomic mass is 32.2. The van der Waals surface area contributed by atoms with Crippen LogP contribution in [-0.2, 0) is 10.0 Å². The number of hydrogen-bond acceptors (Lipinski definition) is 3. The van der Waals surface area contributed by atoms with Crippen molar-refractivity contribution < 1.29 is 8.42 Å². The predicted octanol–water partition coefficient (Wildman–Crippen LogP) is 4.13. The van der Waals surface area contributed by atoms with Crippen molar-refractivity contribution in [3.63, 3.8) is 0 Å². The van der Waals surface area contributed by atoms with Gasteiger partial charge in [-0.3, -0.25) is 5.10 Å². The third kappa shape index (κ3) is 3.86. The molecule has 1 heterocycles. The number of benzene rings is 1. The number of H-pyrrole nitrogens is 1. The van der Waals surface area contributed by atoms with Gasteiger partial charge in [-0.05, 0) is 58.9 Å². The van der Waals surface area contributed by atoms with E-state index in [0.29, 0.717) is 5.92 Å². The van der Waals surface area contributed by atoms with Crippen LogP contribution in [-0.4, -0.2) is 29.4 Å². The molecule has 0 spiro atoms. The van der Waals surface area contributed by atoms with Crippen LogP contribution in [0, 0.1) is 6.92 Å². The second kappa shape index (κ2) is 7.16. The molecular formula is C20H29N3O2S. The van der Waals surface area contributed by atoms with Gasteiger partial charge in [-0.2, -0.15) is 5.10 Å². The third-order valence-electron chi connectivity index (χ3n) is 5.36. The van der Waals surface area contributed by atoms with E-state index in [0.717, 1.165) is 36.9 Å². The van der Waals surface area contributed by atoms with Gasteiger partial charge >= 0.3 is 0 Å². The maximum Gasteiger partial charge on any atom is 0.216 e. The standard InChI is InChI=1S/C20H29N3O2S/c1-14-18(15-8-6-5-7-9-15)21-22-19(14)16-10-12-17(13-11-16)23-26(24,25)20(2,3)4/h5-9,16-17,23H,10-13H2,1-4H3,(H,21,22)/t16-,17-. The number of nitrogens with one attached hydrogen (secondary N) is 2. The number of aromatic nitrogens is 2. The number of nitrogens with zero attached hydrogens (tertiary/aromatic N) is 1. The number of rotatable bonds is 4. The molecule has 1 fully saturated rings. The predicted molar refractivity (Wildman–Crippen MR) is 106 cm³/mol. The molecule has 1 aliphatic carbocycles. The van der Waals surface area contributed by atoms with Crippen molar-refractivity contribution in [1.82, 2.24) is 14.9 Å². The first-order valence-electron chi connectivity index (χ1n) is 9.31. The summed E-state index contributed by atoms with van der Waals surface area (Å²) in [7, 11) is -3.29. The van der Waals surface area contributed by atoms with Gasteiger partial charge in [0.1, 0.15) is 0 Å². The molecule has 1 aromatic carbocycles. The molecule has 0 unspecified atom stereocenters. The summed E-state index contributed by atoms with van der Waals surface area (Å²) in [6.07, 6.45) is 3.65. The molecule has 0 bridgehead atoms. The third-order valence-corrected chi connectivity index (χ3v) is 7.61. The summed E-state index contributed by atoms with van der Waals surface area (Å²) in [5.74, 6) is 0.412. The van der Waals surface area contributed by atoms with Crippen LogP contribution in [0.3, 0.4) is 0 Å². The Kier molecular flexibility index (Phi) is 5.26. The van der Waals surface area contributed by atoms with Crippen molar-refractivity contribution in [3.05, 3.63) is 41.6 Å². The van der Waals surface area contributed by atoms with E-state index in [4.69, 9.17) is 0 Å². The van der Waals surface area contributed by atoms with E-state index >= 15 is 0 Å². The summed E-state index contributed by atoms with van der Waals surface area (Å²) in [6, 6.07) is 10.2. The van der Waals surface area contributed by atoms with Crippen LogP contribution in [0.5, 0.6) is 0 Å². The molecule has 0 aliphatic heterocycles. The van der Waals surface area contributed by atoms with E-state index in [1.807, 2.05) is 18.2 Å². The summed E-state index contributed by atoms with van der Waals surface area (Å²) in [4.78, 5) is 0. The lowest BCUT2D eigenvalue weighted by Crippen LogP contribution is -2.45. The molecule has 0 amide bonds. The molecule has 1 aliphatic rings. The highest BCUT2D eigenvalue weighted by Crippen LogP contribution is 2.36. The molecule has 5 nitrogen and oxygen atoms in total. The van der Waals surface area contributed by atoms with E-state index in [1.165, 1.54) is 11.3 Å². The molecule has 0 atom stereocenters. The second-order valence-electron chi connectivity index (χ2n) is 8.26. The van der Waals surface area contributed by atoms with E-state index in [9.17, 15) is 8.42 Å². The van der Waals surface area contributed by atoms with Crippen molar-refractivity contribution >= 4 is 10.0 Å². The molecule has 1 saturated carbocycles. The molecule has 0 saturated heterocycles. The van der Waals surface area contributed by atoms with Gasteiger partial charge in [0.2, 0.25) is 10.0 Å². The highest BCUT2D eigenvalue weighted by Gasteiger charge is 2.33. The van der Waals surface area contributed by atoms with E-state index in [-0.39, 0.29) is 6.04 Å². The molecule has 0 radical (unpaired) electrons. The van der Waals surface area contributed by atoms with Crippen molar-refractivity contribution in [1.29, 1.82) is 0 Å². The summed E-state index contributed by atoms with van der Waals surface area (Å²) in [6.45, 7) is 7.33. The van der Waals surface area contributed by atoms with Crippen molar-refractivity contribution in [2.24, 2.45) is 0 Å². The van der Waals surface area contributed by atoms with E-state index < -0.39 is 14.8 Å². The summed E-state index contributed by atoms with van der Waals surface area (Å²) in [5, 5.41) is 7.78. The first-order valence-corrected chi connectivity index (χ1v) is 10.8. The van der Waals surface area contributed by atoms with Crippen LogP contribution in [0.4, 0.5) is 0 Å². The molecular weight excluding hydrogens is 346 g/mol. The Morgan fingerprint density at radius 2 is 1.69 bits per heavy atom. The Morgan fingerprint density at radius 1 is 1.08 bits per heavy atom. The maximum absolute atomic E-state index is 12.4. The zero-order valence-corrected chi connectivity index (χ0v) is 16.9. The maximum atomic E-state index is 12.4. The smallest absolute Gasteiger partial charge is 0.216 e. The average molecular weight is 376 g/mol. The molecule has 2 aromatic rings. The van der Waals surface area contributed by atoms with Crippen molar-refractivity contribution in [3.8, 4) is 11.3 Å². The van der Waals surface area contributed by atoms with Gasteiger partial charge in [0, 0.05) is 23.2 Å². The fourth-order valence-corrected chi connectivity index (χ4v) is 4.61. The van der Waals surface area contributed by atoms with Crippen LogP contribution >= 0.6 is 0 Å². The minimum absolute atomic E-state index is 0.0345. The Labute approximate surface area is 156 Å². The second-order valence-corrected chi connectivity index (χ2v) is 10.7. The quantitative estimate of drug-likeness (QED) is 0.844. The van der Waals surface area contributed by atoms with Gasteiger partial charge in [-0.1, -0.05) is 30.3 Å². The van der Waals surface area contributed by atoms with Gasteiger partial charge in [0.05, 0.1) is 10.4 Å². The largest absolute Gasteiger partial charge is 0.281 e. The molecule has 26 heavy (non-hydrogen) atoms. The minimum Gasteiger partial charge on any atom is -0.281 e. The summed E-state index contributed by atoms with van der Waals surface area (Å²) >= 11 is 0. The summed E-state index contributed by atoms with van der Waals surface area (Å²) in [5.41, 5.74) is 4.53. The van der Waals surface area contributed by atoms with Crippen molar-refractivity contribution in [2.45, 2.75) is 70.1 Å². The van der Waals surface area contributed by atoms with Gasteiger partial charge in [-0.25, -0.2) is 13.1 Å². The Balaban J connectivity index is 1.67. The Bertz CT molecular complexity index is 843. The summed E-state index contributed by atoms with van der Waals surface area (Å²) < 4.78 is 26.8. The molecule has 6 heteroatoms. The first kappa shape index (κ1) is 19.1. The van der Waals surface area contributed by atoms with Gasteiger partial charge in [-0.15, -0.1) is 0 Å².